The minimum absolute atomic E-state index is 0.0728. The Balaban J connectivity index is 2.06. The molecule has 2 rings (SSSR count). The van der Waals surface area contributed by atoms with Crippen molar-refractivity contribution in [2.45, 2.75) is 32.4 Å². The molecule has 1 aliphatic rings. The first-order valence-electron chi connectivity index (χ1n) is 7.04. The molecule has 1 N–H and O–H groups in total. The maximum atomic E-state index is 12.4. The molecule has 0 spiro atoms. The van der Waals surface area contributed by atoms with Crippen LogP contribution in [0.15, 0.2) is 30.3 Å². The lowest BCUT2D eigenvalue weighted by Gasteiger charge is -2.31. The smallest absolute Gasteiger partial charge is 0.247 e. The molecule has 4 heteroatoms. The van der Waals surface area contributed by atoms with Crippen LogP contribution in [0.3, 0.4) is 0 Å². The van der Waals surface area contributed by atoms with Crippen LogP contribution in [-0.4, -0.2) is 36.0 Å². The van der Waals surface area contributed by atoms with E-state index >= 15 is 0 Å². The van der Waals surface area contributed by atoms with Crippen molar-refractivity contribution < 1.29 is 4.79 Å². The van der Waals surface area contributed by atoms with Gasteiger partial charge in [-0.15, -0.1) is 0 Å². The lowest BCUT2D eigenvalue weighted by Crippen LogP contribution is -2.45. The summed E-state index contributed by atoms with van der Waals surface area (Å²) in [4.78, 5) is 14.4. The highest BCUT2D eigenvalue weighted by Crippen LogP contribution is 2.15. The van der Waals surface area contributed by atoms with E-state index in [1.54, 1.807) is 6.08 Å². The van der Waals surface area contributed by atoms with Gasteiger partial charge in [0.05, 0.1) is 0 Å². The fourth-order valence-corrected chi connectivity index (χ4v) is 2.69. The monoisotopic (exact) mass is 292 g/mol. The third-order valence-corrected chi connectivity index (χ3v) is 3.78. The van der Waals surface area contributed by atoms with Gasteiger partial charge in [-0.2, -0.15) is 0 Å². The van der Waals surface area contributed by atoms with E-state index < -0.39 is 0 Å². The summed E-state index contributed by atoms with van der Waals surface area (Å²) in [6, 6.07) is 7.98. The molecule has 0 bridgehead atoms. The van der Waals surface area contributed by atoms with Crippen LogP contribution in [0.25, 0.3) is 6.08 Å². The molecule has 1 amide bonds. The maximum absolute atomic E-state index is 12.4. The van der Waals surface area contributed by atoms with Crippen LogP contribution in [0.5, 0.6) is 0 Å². The molecule has 1 unspecified atom stereocenters. The first-order chi connectivity index (χ1) is 9.58. The summed E-state index contributed by atoms with van der Waals surface area (Å²) in [5, 5.41) is 4.01. The van der Waals surface area contributed by atoms with Gasteiger partial charge in [-0.25, -0.2) is 0 Å². The van der Waals surface area contributed by atoms with Crippen molar-refractivity contribution >= 4 is 23.6 Å². The van der Waals surface area contributed by atoms with Crippen LogP contribution in [0.4, 0.5) is 0 Å². The van der Waals surface area contributed by atoms with Gasteiger partial charge in [0.1, 0.15) is 0 Å². The zero-order valence-corrected chi connectivity index (χ0v) is 12.7. The Hall–Kier alpha value is -1.32. The van der Waals surface area contributed by atoms with Crippen molar-refractivity contribution in [1.29, 1.82) is 0 Å². The Kier molecular flexibility index (Phi) is 5.21. The van der Waals surface area contributed by atoms with Gasteiger partial charge in [-0.3, -0.25) is 4.79 Å². The molecule has 108 valence electrons. The number of halogens is 1. The molecule has 1 aromatic carbocycles. The summed E-state index contributed by atoms with van der Waals surface area (Å²) < 4.78 is 0. The molecule has 0 aliphatic carbocycles. The van der Waals surface area contributed by atoms with E-state index in [1.807, 2.05) is 35.2 Å². The Labute approximate surface area is 125 Å². The van der Waals surface area contributed by atoms with Gasteiger partial charge < -0.3 is 10.2 Å². The van der Waals surface area contributed by atoms with Crippen molar-refractivity contribution in [2.24, 2.45) is 0 Å². The number of nitrogens with one attached hydrogen (secondary N) is 1. The van der Waals surface area contributed by atoms with Crippen LogP contribution in [0, 0.1) is 0 Å². The Morgan fingerprint density at radius 1 is 1.40 bits per heavy atom. The molecular weight excluding hydrogens is 272 g/mol. The van der Waals surface area contributed by atoms with Gasteiger partial charge in [0.15, 0.2) is 0 Å². The number of hydrogen-bond acceptors (Lipinski definition) is 2. The fourth-order valence-electron chi connectivity index (χ4n) is 2.56. The quantitative estimate of drug-likeness (QED) is 0.866. The summed E-state index contributed by atoms with van der Waals surface area (Å²) in [6.07, 6.45) is 4.52. The van der Waals surface area contributed by atoms with Crippen LogP contribution >= 0.6 is 11.6 Å². The molecule has 20 heavy (non-hydrogen) atoms. The lowest BCUT2D eigenvalue weighted by atomic mass is 10.1. The van der Waals surface area contributed by atoms with Crippen molar-refractivity contribution in [3.8, 4) is 0 Å². The Morgan fingerprint density at radius 3 is 2.65 bits per heavy atom. The van der Waals surface area contributed by atoms with Gasteiger partial charge in [0, 0.05) is 29.7 Å². The number of rotatable bonds is 4. The van der Waals surface area contributed by atoms with Crippen molar-refractivity contribution in [1.82, 2.24) is 10.2 Å². The first-order valence-corrected chi connectivity index (χ1v) is 7.42. The summed E-state index contributed by atoms with van der Waals surface area (Å²) in [5.41, 5.74) is 0.982. The van der Waals surface area contributed by atoms with Crippen LogP contribution in [0.2, 0.25) is 5.02 Å². The normalized spacial score (nSPS) is 18.9. The Morgan fingerprint density at radius 2 is 2.10 bits per heavy atom. The standard InChI is InChI=1S/C16H21ClN2O/c1-12(2)19(15-9-10-18-11-15)16(20)8-5-13-3-6-14(17)7-4-13/h3-8,12,15,18H,9-11H2,1-2H3/b8-5+. The number of hydrogen-bond donors (Lipinski definition) is 1. The van der Waals surface area contributed by atoms with E-state index in [-0.39, 0.29) is 11.9 Å². The predicted octanol–water partition coefficient (Wildman–Crippen LogP) is 2.95. The van der Waals surface area contributed by atoms with Gasteiger partial charge >= 0.3 is 0 Å². The number of benzene rings is 1. The molecule has 1 saturated heterocycles. The molecule has 1 aromatic rings. The second kappa shape index (κ2) is 6.91. The predicted molar refractivity (Wildman–Crippen MR) is 83.7 cm³/mol. The van der Waals surface area contributed by atoms with Gasteiger partial charge in [0.2, 0.25) is 5.91 Å². The van der Waals surface area contributed by atoms with E-state index in [4.69, 9.17) is 11.6 Å². The van der Waals surface area contributed by atoms with Gasteiger partial charge in [0.25, 0.3) is 0 Å². The molecule has 1 heterocycles. The number of amides is 1. The lowest BCUT2D eigenvalue weighted by molar-refractivity contribution is -0.129. The zero-order chi connectivity index (χ0) is 14.5. The van der Waals surface area contributed by atoms with Crippen LogP contribution in [0.1, 0.15) is 25.8 Å². The van der Waals surface area contributed by atoms with Crippen molar-refractivity contribution in [3.05, 3.63) is 40.9 Å². The summed E-state index contributed by atoms with van der Waals surface area (Å²) >= 11 is 5.85. The minimum Gasteiger partial charge on any atom is -0.332 e. The summed E-state index contributed by atoms with van der Waals surface area (Å²) in [5.74, 6) is 0.0728. The highest BCUT2D eigenvalue weighted by molar-refractivity contribution is 6.30. The number of nitrogens with zero attached hydrogens (tertiary/aromatic N) is 1. The van der Waals surface area contributed by atoms with Crippen molar-refractivity contribution in [2.75, 3.05) is 13.1 Å². The fraction of sp³-hybridized carbons (Fsp3) is 0.438. The van der Waals surface area contributed by atoms with E-state index in [0.717, 1.165) is 25.1 Å². The van der Waals surface area contributed by atoms with E-state index in [9.17, 15) is 4.79 Å². The number of carbonyl (C=O) groups excluding carboxylic acids is 1. The molecule has 0 saturated carbocycles. The minimum atomic E-state index is 0.0728. The molecular formula is C16H21ClN2O. The zero-order valence-electron chi connectivity index (χ0n) is 12.0. The van der Waals surface area contributed by atoms with Gasteiger partial charge in [-0.05, 0) is 50.6 Å². The highest BCUT2D eigenvalue weighted by atomic mass is 35.5. The second-order valence-corrected chi connectivity index (χ2v) is 5.81. The topological polar surface area (TPSA) is 32.3 Å². The van der Waals surface area contributed by atoms with E-state index in [0.29, 0.717) is 11.1 Å². The first kappa shape index (κ1) is 15.1. The van der Waals surface area contributed by atoms with Crippen LogP contribution < -0.4 is 5.32 Å². The molecule has 0 radical (unpaired) electrons. The average molecular weight is 293 g/mol. The summed E-state index contributed by atoms with van der Waals surface area (Å²) in [6.45, 7) is 6.00. The Bertz CT molecular complexity index is 476. The third kappa shape index (κ3) is 3.84. The molecule has 3 nitrogen and oxygen atoms in total. The molecule has 1 aliphatic heterocycles. The molecule has 1 fully saturated rings. The SMILES string of the molecule is CC(C)N(C(=O)/C=C/c1ccc(Cl)cc1)C1CCNC1. The highest BCUT2D eigenvalue weighted by Gasteiger charge is 2.27. The summed E-state index contributed by atoms with van der Waals surface area (Å²) in [7, 11) is 0. The van der Waals surface area contributed by atoms with E-state index in [2.05, 4.69) is 19.2 Å². The third-order valence-electron chi connectivity index (χ3n) is 3.53. The maximum Gasteiger partial charge on any atom is 0.247 e. The molecule has 1 atom stereocenters. The molecule has 0 aromatic heterocycles. The van der Waals surface area contributed by atoms with Gasteiger partial charge in [-0.1, -0.05) is 23.7 Å². The average Bonchev–Trinajstić information content (AvgIpc) is 2.91. The van der Waals surface area contributed by atoms with Crippen LogP contribution in [-0.2, 0) is 4.79 Å². The second-order valence-electron chi connectivity index (χ2n) is 5.37. The largest absolute Gasteiger partial charge is 0.332 e. The number of carbonyl (C=O) groups is 1. The van der Waals surface area contributed by atoms with E-state index in [1.165, 1.54) is 0 Å². The van der Waals surface area contributed by atoms with Crippen molar-refractivity contribution in [3.63, 3.8) is 0 Å².